The number of nitrogens with two attached hydrogens (primary N) is 1. The highest BCUT2D eigenvalue weighted by molar-refractivity contribution is 6.10. The first-order chi connectivity index (χ1) is 13.8. The maximum Gasteiger partial charge on any atom is 0.298 e. The summed E-state index contributed by atoms with van der Waals surface area (Å²) in [4.78, 5) is 31.3. The first-order valence-electron chi connectivity index (χ1n) is 9.93. The summed E-state index contributed by atoms with van der Waals surface area (Å²) in [5.74, 6) is 4.44. The Hall–Kier alpha value is -3.01. The van der Waals surface area contributed by atoms with Gasteiger partial charge in [-0.15, -0.1) is 0 Å². The number of aromatic amines is 1. The molecule has 2 atom stereocenters. The number of aryl methyl sites for hydroxylation is 2. The van der Waals surface area contributed by atoms with Crippen LogP contribution in [-0.4, -0.2) is 47.4 Å². The van der Waals surface area contributed by atoms with Gasteiger partial charge in [-0.3, -0.25) is 9.59 Å². The zero-order valence-electron chi connectivity index (χ0n) is 16.9. The van der Waals surface area contributed by atoms with Gasteiger partial charge in [-0.2, -0.15) is 0 Å². The zero-order chi connectivity index (χ0) is 20.9. The molecule has 4 rings (SSSR count). The number of H-pyrrole nitrogens is 1. The van der Waals surface area contributed by atoms with Gasteiger partial charge in [0.25, 0.3) is 11.8 Å². The van der Waals surface area contributed by atoms with Crippen molar-refractivity contribution in [2.24, 2.45) is 11.7 Å². The van der Waals surface area contributed by atoms with Crippen molar-refractivity contribution in [1.29, 1.82) is 0 Å². The summed E-state index contributed by atoms with van der Waals surface area (Å²) in [6.07, 6.45) is 1.84. The summed E-state index contributed by atoms with van der Waals surface area (Å²) in [6, 6.07) is 1.24. The molecule has 3 N–H and O–H groups in total. The van der Waals surface area contributed by atoms with Crippen LogP contribution in [0.5, 0.6) is 0 Å². The Morgan fingerprint density at radius 2 is 2.00 bits per heavy atom. The minimum atomic E-state index is -0.661. The number of fused-ring (bicyclic) bond motifs is 2. The van der Waals surface area contributed by atoms with Gasteiger partial charge in [0.2, 0.25) is 0 Å². The van der Waals surface area contributed by atoms with Crippen molar-refractivity contribution in [3.05, 3.63) is 28.7 Å². The van der Waals surface area contributed by atoms with Gasteiger partial charge >= 0.3 is 0 Å². The molecule has 2 amide bonds. The maximum atomic E-state index is 15.3. The van der Waals surface area contributed by atoms with E-state index in [0.717, 1.165) is 24.1 Å². The Morgan fingerprint density at radius 1 is 1.28 bits per heavy atom. The molecule has 2 fully saturated rings. The number of benzene rings is 1. The average molecular weight is 396 g/mol. The molecule has 2 unspecified atom stereocenters. The first-order valence-corrected chi connectivity index (χ1v) is 9.93. The Balaban J connectivity index is 1.78. The SMILES string of the molecule is CC#CC(=O)N1CCC2CCN(c3c(F)cc(C(N)=O)c4[nH]c(C)c(C)c34)CC21. The quantitative estimate of drug-likeness (QED) is 0.765. The van der Waals surface area contributed by atoms with Gasteiger partial charge in [0.15, 0.2) is 0 Å². The van der Waals surface area contributed by atoms with Gasteiger partial charge in [0, 0.05) is 30.7 Å². The van der Waals surface area contributed by atoms with Gasteiger partial charge < -0.3 is 20.5 Å². The number of hydrogen-bond donors (Lipinski definition) is 2. The van der Waals surface area contributed by atoms with E-state index in [2.05, 4.69) is 16.8 Å². The topological polar surface area (TPSA) is 82.4 Å². The number of likely N-dealkylation sites (tertiary alicyclic amines) is 1. The van der Waals surface area contributed by atoms with Crippen LogP contribution in [-0.2, 0) is 4.79 Å². The fraction of sp³-hybridized carbons (Fsp3) is 0.455. The largest absolute Gasteiger partial charge is 0.367 e. The molecule has 0 radical (unpaired) electrons. The van der Waals surface area contributed by atoms with Crippen LogP contribution in [0.1, 0.15) is 41.4 Å². The van der Waals surface area contributed by atoms with Gasteiger partial charge in [0.1, 0.15) is 5.82 Å². The third kappa shape index (κ3) is 3.03. The van der Waals surface area contributed by atoms with E-state index >= 15 is 4.39 Å². The number of aromatic nitrogens is 1. The molecule has 1 aromatic carbocycles. The molecule has 29 heavy (non-hydrogen) atoms. The second-order valence-corrected chi connectivity index (χ2v) is 7.97. The lowest BCUT2D eigenvalue weighted by molar-refractivity contribution is -0.126. The molecule has 0 spiro atoms. The fourth-order valence-electron chi connectivity index (χ4n) is 4.88. The van der Waals surface area contributed by atoms with E-state index in [0.29, 0.717) is 42.1 Å². The number of hydrogen-bond acceptors (Lipinski definition) is 3. The Morgan fingerprint density at radius 3 is 2.69 bits per heavy atom. The lowest BCUT2D eigenvalue weighted by Crippen LogP contribution is -2.50. The molecule has 2 aliphatic heterocycles. The minimum absolute atomic E-state index is 0.0164. The van der Waals surface area contributed by atoms with Crippen LogP contribution in [0, 0.1) is 37.4 Å². The highest BCUT2D eigenvalue weighted by atomic mass is 19.1. The molecular formula is C22H25FN4O2. The molecule has 2 aromatic rings. The van der Waals surface area contributed by atoms with Crippen LogP contribution >= 0.6 is 0 Å². The average Bonchev–Trinajstić information content (AvgIpc) is 3.23. The normalized spacial score (nSPS) is 21.1. The summed E-state index contributed by atoms with van der Waals surface area (Å²) in [7, 11) is 0. The van der Waals surface area contributed by atoms with Crippen LogP contribution in [0.2, 0.25) is 0 Å². The number of nitrogens with zero attached hydrogens (tertiary/aromatic N) is 2. The predicted molar refractivity (Wildman–Crippen MR) is 110 cm³/mol. The number of halogens is 1. The Labute approximate surface area is 169 Å². The highest BCUT2D eigenvalue weighted by Gasteiger charge is 2.41. The van der Waals surface area contributed by atoms with Crippen molar-refractivity contribution in [2.75, 3.05) is 24.5 Å². The molecule has 6 nitrogen and oxygen atoms in total. The van der Waals surface area contributed by atoms with Gasteiger partial charge in [0.05, 0.1) is 22.8 Å². The number of anilines is 1. The van der Waals surface area contributed by atoms with Crippen LogP contribution in [0.15, 0.2) is 6.07 Å². The molecule has 2 aliphatic rings. The molecule has 0 saturated carbocycles. The fourth-order valence-corrected chi connectivity index (χ4v) is 4.88. The zero-order valence-corrected chi connectivity index (χ0v) is 16.9. The molecule has 0 bridgehead atoms. The van der Waals surface area contributed by atoms with E-state index in [1.54, 1.807) is 6.92 Å². The van der Waals surface area contributed by atoms with Crippen molar-refractivity contribution in [1.82, 2.24) is 9.88 Å². The molecule has 2 saturated heterocycles. The highest BCUT2D eigenvalue weighted by Crippen LogP contribution is 2.40. The number of amides is 2. The first kappa shape index (κ1) is 19.3. The second kappa shape index (κ2) is 7.11. The molecule has 152 valence electrons. The van der Waals surface area contributed by atoms with Crippen molar-refractivity contribution >= 4 is 28.4 Å². The lowest BCUT2D eigenvalue weighted by Gasteiger charge is -2.39. The van der Waals surface area contributed by atoms with Crippen molar-refractivity contribution in [3.63, 3.8) is 0 Å². The summed E-state index contributed by atoms with van der Waals surface area (Å²) < 4.78 is 15.3. The predicted octanol–water partition coefficient (Wildman–Crippen LogP) is 2.47. The van der Waals surface area contributed by atoms with Crippen molar-refractivity contribution in [2.45, 2.75) is 39.7 Å². The van der Waals surface area contributed by atoms with Gasteiger partial charge in [-0.1, -0.05) is 5.92 Å². The lowest BCUT2D eigenvalue weighted by atomic mass is 9.91. The van der Waals surface area contributed by atoms with Crippen LogP contribution < -0.4 is 10.6 Å². The van der Waals surface area contributed by atoms with Crippen molar-refractivity contribution < 1.29 is 14.0 Å². The van der Waals surface area contributed by atoms with E-state index in [1.807, 2.05) is 23.6 Å². The summed E-state index contributed by atoms with van der Waals surface area (Å²) in [5.41, 5.74) is 8.47. The molecule has 1 aromatic heterocycles. The number of nitrogens with one attached hydrogen (secondary N) is 1. The Kier molecular flexibility index (Phi) is 4.73. The number of piperidine rings is 1. The van der Waals surface area contributed by atoms with E-state index < -0.39 is 11.7 Å². The molecular weight excluding hydrogens is 371 g/mol. The maximum absolute atomic E-state index is 15.3. The number of carbonyl (C=O) groups excluding carboxylic acids is 2. The van der Waals surface area contributed by atoms with E-state index in [4.69, 9.17) is 5.73 Å². The second-order valence-electron chi connectivity index (χ2n) is 7.97. The number of carbonyl (C=O) groups is 2. The smallest absolute Gasteiger partial charge is 0.298 e. The molecule has 7 heteroatoms. The van der Waals surface area contributed by atoms with Crippen LogP contribution in [0.4, 0.5) is 10.1 Å². The Bertz CT molecular complexity index is 1080. The number of rotatable bonds is 2. The standard InChI is InChI=1S/C22H25FN4O2/c1-4-5-18(28)27-9-7-14-6-8-26(11-17(14)27)21-16(23)10-15(22(24)29)20-19(21)12(2)13(3)25-20/h10,14,17,25H,6-9,11H2,1-3H3,(H2,24,29). The van der Waals surface area contributed by atoms with E-state index in [-0.39, 0.29) is 17.5 Å². The van der Waals surface area contributed by atoms with Crippen LogP contribution in [0.25, 0.3) is 10.9 Å². The minimum Gasteiger partial charge on any atom is -0.367 e. The summed E-state index contributed by atoms with van der Waals surface area (Å²) >= 11 is 0. The van der Waals surface area contributed by atoms with Crippen molar-refractivity contribution in [3.8, 4) is 11.8 Å². The number of primary amides is 1. The third-order valence-corrected chi connectivity index (χ3v) is 6.44. The molecule has 3 heterocycles. The van der Waals surface area contributed by atoms with Crippen LogP contribution in [0.3, 0.4) is 0 Å². The van der Waals surface area contributed by atoms with E-state index in [9.17, 15) is 9.59 Å². The third-order valence-electron chi connectivity index (χ3n) is 6.44. The monoisotopic (exact) mass is 396 g/mol. The van der Waals surface area contributed by atoms with E-state index in [1.165, 1.54) is 6.07 Å². The van der Waals surface area contributed by atoms with Gasteiger partial charge in [-0.05, 0) is 57.1 Å². The summed E-state index contributed by atoms with van der Waals surface area (Å²) in [6.45, 7) is 7.41. The molecule has 0 aliphatic carbocycles. The van der Waals surface area contributed by atoms with Gasteiger partial charge in [-0.25, -0.2) is 4.39 Å². The summed E-state index contributed by atoms with van der Waals surface area (Å²) in [5, 5.41) is 0.693.